The van der Waals surface area contributed by atoms with Crippen LogP contribution in [0, 0.1) is 0 Å². The summed E-state index contributed by atoms with van der Waals surface area (Å²) >= 11 is 0. The van der Waals surface area contributed by atoms with E-state index in [1.807, 2.05) is 16.8 Å². The molecule has 2 heterocycles. The fourth-order valence-corrected chi connectivity index (χ4v) is 2.39. The standard InChI is InChI=1S/C15H26N6/c1-4-9-20(6-3)10-7-17-14-15-18-8-11-21(15)12-13(19-14)16-5-2/h8,11-12,16H,4-7,9-10H2,1-3H3,(H,17,19). The van der Waals surface area contributed by atoms with E-state index in [-0.39, 0.29) is 0 Å². The van der Waals surface area contributed by atoms with Crippen LogP contribution in [0.5, 0.6) is 0 Å². The van der Waals surface area contributed by atoms with Crippen molar-refractivity contribution in [3.8, 4) is 0 Å². The van der Waals surface area contributed by atoms with Gasteiger partial charge >= 0.3 is 0 Å². The summed E-state index contributed by atoms with van der Waals surface area (Å²) in [5.74, 6) is 1.71. The van der Waals surface area contributed by atoms with Crippen LogP contribution < -0.4 is 10.6 Å². The van der Waals surface area contributed by atoms with Crippen LogP contribution in [0.4, 0.5) is 11.6 Å². The number of hydrogen-bond donors (Lipinski definition) is 2. The summed E-state index contributed by atoms with van der Waals surface area (Å²) < 4.78 is 2.00. The van der Waals surface area contributed by atoms with Crippen molar-refractivity contribution in [2.24, 2.45) is 0 Å². The van der Waals surface area contributed by atoms with Crippen LogP contribution >= 0.6 is 0 Å². The molecule has 2 rings (SSSR count). The van der Waals surface area contributed by atoms with Crippen molar-refractivity contribution < 1.29 is 0 Å². The molecule has 2 N–H and O–H groups in total. The van der Waals surface area contributed by atoms with Crippen LogP contribution in [-0.2, 0) is 0 Å². The molecule has 0 saturated heterocycles. The van der Waals surface area contributed by atoms with Crippen molar-refractivity contribution >= 4 is 17.3 Å². The van der Waals surface area contributed by atoms with E-state index in [0.717, 1.165) is 50.0 Å². The summed E-state index contributed by atoms with van der Waals surface area (Å²) in [6, 6.07) is 0. The highest BCUT2D eigenvalue weighted by Crippen LogP contribution is 2.16. The lowest BCUT2D eigenvalue weighted by Crippen LogP contribution is -2.29. The lowest BCUT2D eigenvalue weighted by Gasteiger charge is -2.19. The molecule has 2 aromatic heterocycles. The molecule has 0 aromatic carbocycles. The Balaban J connectivity index is 2.04. The topological polar surface area (TPSA) is 57.5 Å². The number of rotatable bonds is 9. The van der Waals surface area contributed by atoms with Crippen molar-refractivity contribution in [1.82, 2.24) is 19.3 Å². The molecule has 0 unspecified atom stereocenters. The monoisotopic (exact) mass is 290 g/mol. The van der Waals surface area contributed by atoms with Crippen LogP contribution in [0.25, 0.3) is 5.65 Å². The predicted octanol–water partition coefficient (Wildman–Crippen LogP) is 2.30. The molecule has 6 heteroatoms. The Morgan fingerprint density at radius 1 is 1.19 bits per heavy atom. The summed E-state index contributed by atoms with van der Waals surface area (Å²) in [7, 11) is 0. The fourth-order valence-electron chi connectivity index (χ4n) is 2.39. The SMILES string of the molecule is CCCN(CC)CCNc1nc(NCC)cn2ccnc12. The smallest absolute Gasteiger partial charge is 0.180 e. The van der Waals surface area contributed by atoms with Crippen molar-refractivity contribution in [3.05, 3.63) is 18.6 Å². The minimum atomic E-state index is 0.839. The number of fused-ring (bicyclic) bond motifs is 1. The average Bonchev–Trinajstić information content (AvgIpc) is 2.95. The Morgan fingerprint density at radius 3 is 2.76 bits per heavy atom. The maximum atomic E-state index is 4.61. The molecule has 0 bridgehead atoms. The lowest BCUT2D eigenvalue weighted by molar-refractivity contribution is 0.300. The van der Waals surface area contributed by atoms with Crippen molar-refractivity contribution in [3.63, 3.8) is 0 Å². The Morgan fingerprint density at radius 2 is 2.05 bits per heavy atom. The van der Waals surface area contributed by atoms with E-state index in [9.17, 15) is 0 Å². The number of likely N-dealkylation sites (N-methyl/N-ethyl adjacent to an activating group) is 1. The summed E-state index contributed by atoms with van der Waals surface area (Å²) in [5, 5.41) is 6.67. The van der Waals surface area contributed by atoms with E-state index in [1.54, 1.807) is 6.20 Å². The zero-order valence-corrected chi connectivity index (χ0v) is 13.3. The quantitative estimate of drug-likeness (QED) is 0.742. The number of hydrogen-bond acceptors (Lipinski definition) is 5. The second-order valence-corrected chi connectivity index (χ2v) is 5.02. The number of nitrogens with one attached hydrogen (secondary N) is 2. The van der Waals surface area contributed by atoms with E-state index in [4.69, 9.17) is 0 Å². The Kier molecular flexibility index (Phi) is 5.80. The highest BCUT2D eigenvalue weighted by molar-refractivity contribution is 5.65. The van der Waals surface area contributed by atoms with E-state index >= 15 is 0 Å². The third-order valence-corrected chi connectivity index (χ3v) is 3.44. The highest BCUT2D eigenvalue weighted by Gasteiger charge is 2.07. The van der Waals surface area contributed by atoms with Gasteiger partial charge in [0.2, 0.25) is 0 Å². The van der Waals surface area contributed by atoms with Gasteiger partial charge in [0.15, 0.2) is 11.5 Å². The van der Waals surface area contributed by atoms with Gasteiger partial charge in [0, 0.05) is 32.0 Å². The van der Waals surface area contributed by atoms with Gasteiger partial charge in [0.25, 0.3) is 0 Å². The van der Waals surface area contributed by atoms with E-state index < -0.39 is 0 Å². The van der Waals surface area contributed by atoms with Gasteiger partial charge in [-0.2, -0.15) is 0 Å². The third-order valence-electron chi connectivity index (χ3n) is 3.44. The molecule has 0 saturated carbocycles. The molecule has 2 aromatic rings. The Hall–Kier alpha value is -1.82. The molecule has 0 atom stereocenters. The van der Waals surface area contributed by atoms with Crippen molar-refractivity contribution in [2.45, 2.75) is 27.2 Å². The molecule has 0 aliphatic carbocycles. The van der Waals surface area contributed by atoms with Crippen molar-refractivity contribution in [1.29, 1.82) is 0 Å². The van der Waals surface area contributed by atoms with E-state index in [2.05, 4.69) is 46.3 Å². The zero-order chi connectivity index (χ0) is 15.1. The first-order valence-corrected chi connectivity index (χ1v) is 7.82. The largest absolute Gasteiger partial charge is 0.369 e. The summed E-state index contributed by atoms with van der Waals surface area (Å²) in [6.07, 6.45) is 6.89. The van der Waals surface area contributed by atoms with Gasteiger partial charge in [-0.05, 0) is 26.4 Å². The number of aromatic nitrogens is 3. The number of anilines is 2. The normalized spacial score (nSPS) is 11.2. The fraction of sp³-hybridized carbons (Fsp3) is 0.600. The molecule has 6 nitrogen and oxygen atoms in total. The second-order valence-electron chi connectivity index (χ2n) is 5.02. The van der Waals surface area contributed by atoms with Gasteiger partial charge < -0.3 is 19.9 Å². The van der Waals surface area contributed by atoms with Crippen LogP contribution in [0.15, 0.2) is 18.6 Å². The predicted molar refractivity (Wildman–Crippen MR) is 88.0 cm³/mol. The van der Waals surface area contributed by atoms with Crippen LogP contribution in [0.1, 0.15) is 27.2 Å². The minimum absolute atomic E-state index is 0.839. The molecule has 0 spiro atoms. The molecule has 0 radical (unpaired) electrons. The van der Waals surface area contributed by atoms with Crippen molar-refractivity contribution in [2.75, 3.05) is 43.4 Å². The molecular weight excluding hydrogens is 264 g/mol. The summed E-state index contributed by atoms with van der Waals surface area (Å²) in [4.78, 5) is 11.4. The number of imidazole rings is 1. The molecule has 116 valence electrons. The first-order chi connectivity index (χ1) is 10.3. The molecule has 0 fully saturated rings. The van der Waals surface area contributed by atoms with Gasteiger partial charge in [0.1, 0.15) is 5.82 Å². The van der Waals surface area contributed by atoms with Gasteiger partial charge in [0.05, 0.1) is 6.20 Å². The van der Waals surface area contributed by atoms with Crippen LogP contribution in [-0.4, -0.2) is 52.0 Å². The Bertz CT molecular complexity index is 550. The average molecular weight is 290 g/mol. The molecule has 0 aliphatic heterocycles. The Labute approximate surface area is 126 Å². The summed E-state index contributed by atoms with van der Waals surface area (Å²) in [6.45, 7) is 11.5. The van der Waals surface area contributed by atoms with Crippen LogP contribution in [0.2, 0.25) is 0 Å². The van der Waals surface area contributed by atoms with E-state index in [0.29, 0.717) is 0 Å². The maximum absolute atomic E-state index is 4.61. The van der Waals surface area contributed by atoms with Gasteiger partial charge in [-0.3, -0.25) is 0 Å². The molecule has 0 amide bonds. The van der Waals surface area contributed by atoms with Gasteiger partial charge in [-0.15, -0.1) is 0 Å². The zero-order valence-electron chi connectivity index (χ0n) is 13.3. The molecule has 21 heavy (non-hydrogen) atoms. The lowest BCUT2D eigenvalue weighted by atomic mass is 10.4. The first-order valence-electron chi connectivity index (χ1n) is 7.82. The third kappa shape index (κ3) is 4.07. The summed E-state index contributed by atoms with van der Waals surface area (Å²) in [5.41, 5.74) is 0.871. The molecule has 0 aliphatic rings. The maximum Gasteiger partial charge on any atom is 0.180 e. The van der Waals surface area contributed by atoms with Gasteiger partial charge in [-0.25, -0.2) is 9.97 Å². The first kappa shape index (κ1) is 15.6. The van der Waals surface area contributed by atoms with E-state index in [1.165, 1.54) is 6.42 Å². The van der Waals surface area contributed by atoms with Gasteiger partial charge in [-0.1, -0.05) is 13.8 Å². The second kappa shape index (κ2) is 7.83. The van der Waals surface area contributed by atoms with Crippen LogP contribution in [0.3, 0.4) is 0 Å². The number of nitrogens with zero attached hydrogens (tertiary/aromatic N) is 4. The highest BCUT2D eigenvalue weighted by atomic mass is 15.2. The molecular formula is C15H26N6. The minimum Gasteiger partial charge on any atom is -0.369 e.